The number of ether oxygens (including phenoxy) is 1. The van der Waals surface area contributed by atoms with Crippen molar-refractivity contribution in [1.29, 1.82) is 0 Å². The summed E-state index contributed by atoms with van der Waals surface area (Å²) in [5, 5.41) is 0. The highest BCUT2D eigenvalue weighted by molar-refractivity contribution is 9.11. The van der Waals surface area contributed by atoms with E-state index in [1.807, 2.05) is 0 Å². The summed E-state index contributed by atoms with van der Waals surface area (Å²) in [5.74, 6) is -0.595. The van der Waals surface area contributed by atoms with E-state index in [9.17, 15) is 26.0 Å². The van der Waals surface area contributed by atoms with E-state index < -0.39 is 28.3 Å². The Kier molecular flexibility index (Phi) is 5.21. The number of rotatable bonds is 6. The van der Waals surface area contributed by atoms with Crippen LogP contribution in [0.4, 0.5) is 23.2 Å². The molecule has 1 aromatic heterocycles. The highest BCUT2D eigenvalue weighted by Crippen LogP contribution is 2.31. The Morgan fingerprint density at radius 3 is 2.48 bits per heavy atom. The number of halogens is 5. The molecule has 2 aromatic rings. The molecule has 0 bridgehead atoms. The van der Waals surface area contributed by atoms with Crippen molar-refractivity contribution in [1.82, 2.24) is 0 Å². The molecule has 0 saturated heterocycles. The van der Waals surface area contributed by atoms with Gasteiger partial charge in [0, 0.05) is 6.07 Å². The molecular formula is C12H8BrF4NO3S2. The van der Waals surface area contributed by atoms with Crippen LogP contribution in [-0.2, 0) is 10.0 Å². The molecule has 0 unspecified atom stereocenters. The second kappa shape index (κ2) is 6.65. The Labute approximate surface area is 141 Å². The quantitative estimate of drug-likeness (QED) is 0.679. The summed E-state index contributed by atoms with van der Waals surface area (Å²) in [7, 11) is -3.92. The van der Waals surface area contributed by atoms with Gasteiger partial charge in [-0.1, -0.05) is 6.07 Å². The van der Waals surface area contributed by atoms with E-state index in [1.54, 1.807) is 0 Å². The lowest BCUT2D eigenvalue weighted by atomic mass is 10.3. The van der Waals surface area contributed by atoms with Gasteiger partial charge in [-0.15, -0.1) is 11.3 Å². The molecule has 2 rings (SSSR count). The van der Waals surface area contributed by atoms with Crippen molar-refractivity contribution in [2.75, 3.05) is 4.72 Å². The summed E-state index contributed by atoms with van der Waals surface area (Å²) in [6.45, 7) is 0. The van der Waals surface area contributed by atoms with Gasteiger partial charge < -0.3 is 4.74 Å². The van der Waals surface area contributed by atoms with E-state index in [-0.39, 0.29) is 9.90 Å². The molecule has 0 fully saturated rings. The minimum Gasteiger partial charge on any atom is -0.428 e. The first kappa shape index (κ1) is 18.0. The van der Waals surface area contributed by atoms with E-state index in [1.165, 1.54) is 24.3 Å². The molecule has 1 N–H and O–H groups in total. The van der Waals surface area contributed by atoms with Gasteiger partial charge in [0.1, 0.15) is 9.96 Å². The van der Waals surface area contributed by atoms with Crippen LogP contribution in [0.15, 0.2) is 44.4 Å². The lowest BCUT2D eigenvalue weighted by Crippen LogP contribution is -2.33. The Morgan fingerprint density at radius 2 is 1.91 bits per heavy atom. The minimum atomic E-state index is -4.67. The fourth-order valence-electron chi connectivity index (χ4n) is 1.47. The first-order valence-corrected chi connectivity index (χ1v) is 8.92. The Balaban J connectivity index is 2.20. The Bertz CT molecular complexity index is 795. The van der Waals surface area contributed by atoms with Crippen molar-refractivity contribution in [2.45, 2.75) is 16.7 Å². The van der Waals surface area contributed by atoms with Gasteiger partial charge in [0.25, 0.3) is 10.0 Å². The fraction of sp³-hybridized carbons (Fsp3) is 0.167. The first-order valence-electron chi connectivity index (χ1n) is 5.83. The van der Waals surface area contributed by atoms with Gasteiger partial charge in [-0.2, -0.15) is 17.6 Å². The first-order chi connectivity index (χ1) is 10.6. The van der Waals surface area contributed by atoms with Crippen LogP contribution in [0.2, 0.25) is 0 Å². The lowest BCUT2D eigenvalue weighted by Gasteiger charge is -2.17. The third-order valence-corrected chi connectivity index (χ3v) is 5.90. The summed E-state index contributed by atoms with van der Waals surface area (Å²) in [5.41, 5.74) is -0.0999. The number of hydrogen-bond acceptors (Lipinski definition) is 4. The number of nitrogens with one attached hydrogen (secondary N) is 1. The van der Waals surface area contributed by atoms with Gasteiger partial charge in [-0.05, 0) is 40.2 Å². The molecule has 126 valence electrons. The molecule has 11 heteroatoms. The van der Waals surface area contributed by atoms with Crippen molar-refractivity contribution in [3.05, 3.63) is 40.2 Å². The minimum absolute atomic E-state index is 0.00592. The van der Waals surface area contributed by atoms with Gasteiger partial charge >= 0.3 is 12.5 Å². The van der Waals surface area contributed by atoms with Crippen LogP contribution < -0.4 is 9.46 Å². The molecule has 0 saturated carbocycles. The van der Waals surface area contributed by atoms with Crippen LogP contribution >= 0.6 is 27.3 Å². The van der Waals surface area contributed by atoms with Gasteiger partial charge in [0.2, 0.25) is 0 Å². The highest BCUT2D eigenvalue weighted by Gasteiger charge is 2.44. The van der Waals surface area contributed by atoms with Crippen molar-refractivity contribution >= 4 is 43.0 Å². The van der Waals surface area contributed by atoms with Crippen molar-refractivity contribution in [3.8, 4) is 5.75 Å². The molecule has 0 radical (unpaired) electrons. The van der Waals surface area contributed by atoms with E-state index in [0.717, 1.165) is 23.5 Å². The lowest BCUT2D eigenvalue weighted by molar-refractivity contribution is -0.253. The monoisotopic (exact) mass is 433 g/mol. The predicted molar refractivity (Wildman–Crippen MR) is 80.8 cm³/mol. The second-order valence-electron chi connectivity index (χ2n) is 4.16. The predicted octanol–water partition coefficient (Wildman–Crippen LogP) is 4.55. The third kappa shape index (κ3) is 4.58. The number of anilines is 1. The SMILES string of the molecule is O=S(=O)(Nc1cccc(OC(F)(F)C(F)F)c1)c1ccc(Br)s1. The summed E-state index contributed by atoms with van der Waals surface area (Å²) in [4.78, 5) is 0. The highest BCUT2D eigenvalue weighted by atomic mass is 79.9. The second-order valence-corrected chi connectivity index (χ2v) is 8.53. The summed E-state index contributed by atoms with van der Waals surface area (Å²) >= 11 is 4.07. The van der Waals surface area contributed by atoms with Crippen LogP contribution in [0.5, 0.6) is 5.75 Å². The Hall–Kier alpha value is -1.33. The fourth-order valence-corrected chi connectivity index (χ4v) is 4.53. The summed E-state index contributed by atoms with van der Waals surface area (Å²) in [6.07, 6.45) is -8.68. The third-order valence-electron chi connectivity index (χ3n) is 2.41. The molecule has 0 aliphatic carbocycles. The van der Waals surface area contributed by atoms with Crippen LogP contribution in [0.25, 0.3) is 0 Å². The van der Waals surface area contributed by atoms with Gasteiger partial charge in [-0.3, -0.25) is 4.72 Å². The number of hydrogen-bond donors (Lipinski definition) is 1. The van der Waals surface area contributed by atoms with Crippen LogP contribution in [0, 0.1) is 0 Å². The number of alkyl halides is 4. The average Bonchev–Trinajstić information content (AvgIpc) is 2.85. The van der Waals surface area contributed by atoms with E-state index >= 15 is 0 Å². The molecule has 1 heterocycles. The Morgan fingerprint density at radius 1 is 1.22 bits per heavy atom. The van der Waals surface area contributed by atoms with Crippen molar-refractivity contribution < 1.29 is 30.7 Å². The molecule has 1 aromatic carbocycles. The summed E-state index contributed by atoms with van der Waals surface area (Å²) in [6, 6.07) is 7.24. The smallest absolute Gasteiger partial charge is 0.428 e. The molecule has 0 amide bonds. The maximum absolute atomic E-state index is 12.9. The molecule has 23 heavy (non-hydrogen) atoms. The average molecular weight is 434 g/mol. The van der Waals surface area contributed by atoms with Gasteiger partial charge in [-0.25, -0.2) is 8.42 Å². The normalized spacial score (nSPS) is 12.4. The van der Waals surface area contributed by atoms with Crippen LogP contribution in [-0.4, -0.2) is 21.0 Å². The molecule has 4 nitrogen and oxygen atoms in total. The van der Waals surface area contributed by atoms with Gasteiger partial charge in [0.05, 0.1) is 9.47 Å². The molecular weight excluding hydrogens is 426 g/mol. The van der Waals surface area contributed by atoms with E-state index in [0.29, 0.717) is 3.79 Å². The molecule has 0 aliphatic rings. The van der Waals surface area contributed by atoms with E-state index in [4.69, 9.17) is 0 Å². The molecule has 0 atom stereocenters. The number of sulfonamides is 1. The van der Waals surface area contributed by atoms with E-state index in [2.05, 4.69) is 25.4 Å². The maximum Gasteiger partial charge on any atom is 0.461 e. The largest absolute Gasteiger partial charge is 0.461 e. The standard InChI is InChI=1S/C12H8BrF4NO3S2/c13-9-4-5-10(22-9)23(19,20)18-7-2-1-3-8(6-7)21-12(16,17)11(14)15/h1-6,11,18H. The van der Waals surface area contributed by atoms with Crippen LogP contribution in [0.1, 0.15) is 0 Å². The van der Waals surface area contributed by atoms with Gasteiger partial charge in [0.15, 0.2) is 0 Å². The zero-order valence-electron chi connectivity index (χ0n) is 11.0. The zero-order chi connectivity index (χ0) is 17.3. The van der Waals surface area contributed by atoms with Crippen molar-refractivity contribution in [3.63, 3.8) is 0 Å². The van der Waals surface area contributed by atoms with Crippen molar-refractivity contribution in [2.24, 2.45) is 0 Å². The molecule has 0 aliphatic heterocycles. The zero-order valence-corrected chi connectivity index (χ0v) is 14.2. The summed E-state index contributed by atoms with van der Waals surface area (Å²) < 4.78 is 80.7. The topological polar surface area (TPSA) is 55.4 Å². The van der Waals surface area contributed by atoms with Crippen LogP contribution in [0.3, 0.4) is 0 Å². The molecule has 0 spiro atoms. The maximum atomic E-state index is 12.9. The number of thiophene rings is 1. The number of benzene rings is 1.